The second-order valence-electron chi connectivity index (χ2n) is 5.09. The molecule has 6 nitrogen and oxygen atoms in total. The second-order valence-corrected chi connectivity index (χ2v) is 5.09. The van der Waals surface area contributed by atoms with Crippen molar-refractivity contribution in [3.05, 3.63) is 60.2 Å². The number of rotatable bonds is 5. The molecule has 0 aliphatic heterocycles. The van der Waals surface area contributed by atoms with Gasteiger partial charge < -0.3 is 14.5 Å². The number of aromatic nitrogens is 2. The number of amides is 1. The van der Waals surface area contributed by atoms with E-state index in [1.54, 1.807) is 37.3 Å². The van der Waals surface area contributed by atoms with Crippen LogP contribution in [0.25, 0.3) is 11.5 Å². The number of hydrogen-bond donors (Lipinski definition) is 1. The SMILES string of the molecule is Cc1ccc(NC(=O)COc2ccc(-c3nnco3)cc2)c(F)c1. The Morgan fingerprint density at radius 3 is 2.71 bits per heavy atom. The van der Waals surface area contributed by atoms with Gasteiger partial charge in [-0.15, -0.1) is 10.2 Å². The first kappa shape index (κ1) is 15.7. The van der Waals surface area contributed by atoms with Crippen molar-refractivity contribution in [3.63, 3.8) is 0 Å². The molecule has 1 N–H and O–H groups in total. The van der Waals surface area contributed by atoms with Gasteiger partial charge in [-0.3, -0.25) is 4.79 Å². The van der Waals surface area contributed by atoms with E-state index in [0.29, 0.717) is 11.6 Å². The zero-order chi connectivity index (χ0) is 16.9. The lowest BCUT2D eigenvalue weighted by atomic mass is 10.2. The van der Waals surface area contributed by atoms with Crippen LogP contribution in [0.15, 0.2) is 53.3 Å². The van der Waals surface area contributed by atoms with Gasteiger partial charge in [-0.1, -0.05) is 6.07 Å². The molecule has 0 aliphatic carbocycles. The van der Waals surface area contributed by atoms with Gasteiger partial charge in [-0.25, -0.2) is 4.39 Å². The van der Waals surface area contributed by atoms with Crippen LogP contribution in [0.3, 0.4) is 0 Å². The van der Waals surface area contributed by atoms with E-state index in [1.807, 2.05) is 0 Å². The third-order valence-corrected chi connectivity index (χ3v) is 3.23. The molecule has 0 unspecified atom stereocenters. The summed E-state index contributed by atoms with van der Waals surface area (Å²) in [4.78, 5) is 11.8. The molecule has 3 aromatic rings. The van der Waals surface area contributed by atoms with Crippen molar-refractivity contribution in [1.29, 1.82) is 0 Å². The largest absolute Gasteiger partial charge is 0.484 e. The third kappa shape index (κ3) is 3.75. The lowest BCUT2D eigenvalue weighted by Gasteiger charge is -2.09. The molecule has 3 rings (SSSR count). The molecule has 1 amide bonds. The molecule has 0 saturated carbocycles. The Hall–Kier alpha value is -3.22. The summed E-state index contributed by atoms with van der Waals surface area (Å²) in [7, 11) is 0. The van der Waals surface area contributed by atoms with Crippen molar-refractivity contribution in [2.75, 3.05) is 11.9 Å². The van der Waals surface area contributed by atoms with Crippen molar-refractivity contribution < 1.29 is 18.3 Å². The van der Waals surface area contributed by atoms with E-state index in [2.05, 4.69) is 15.5 Å². The Morgan fingerprint density at radius 1 is 1.25 bits per heavy atom. The molecule has 24 heavy (non-hydrogen) atoms. The molecular formula is C17H14FN3O3. The minimum atomic E-state index is -0.479. The summed E-state index contributed by atoms with van der Waals surface area (Å²) in [5, 5.41) is 9.87. The van der Waals surface area contributed by atoms with E-state index in [-0.39, 0.29) is 12.3 Å². The number of halogens is 1. The fraction of sp³-hybridized carbons (Fsp3) is 0.118. The van der Waals surface area contributed by atoms with Crippen molar-refractivity contribution >= 4 is 11.6 Å². The second kappa shape index (κ2) is 6.91. The minimum Gasteiger partial charge on any atom is -0.484 e. The summed E-state index contributed by atoms with van der Waals surface area (Å²) in [6.07, 6.45) is 1.24. The highest BCUT2D eigenvalue weighted by Gasteiger charge is 2.09. The quantitative estimate of drug-likeness (QED) is 0.778. The van der Waals surface area contributed by atoms with E-state index >= 15 is 0 Å². The van der Waals surface area contributed by atoms with Crippen LogP contribution in [-0.4, -0.2) is 22.7 Å². The van der Waals surface area contributed by atoms with Gasteiger partial charge in [0.05, 0.1) is 5.69 Å². The van der Waals surface area contributed by atoms with Crippen molar-refractivity contribution in [2.24, 2.45) is 0 Å². The van der Waals surface area contributed by atoms with Gasteiger partial charge in [-0.2, -0.15) is 0 Å². The summed E-state index contributed by atoms with van der Waals surface area (Å²) >= 11 is 0. The van der Waals surface area contributed by atoms with Gasteiger partial charge in [0.25, 0.3) is 5.91 Å². The van der Waals surface area contributed by atoms with Crippen molar-refractivity contribution in [1.82, 2.24) is 10.2 Å². The Labute approximate surface area is 137 Å². The fourth-order valence-corrected chi connectivity index (χ4v) is 2.05. The Kier molecular flexibility index (Phi) is 4.51. The van der Waals surface area contributed by atoms with E-state index in [4.69, 9.17) is 9.15 Å². The molecule has 0 bridgehead atoms. The van der Waals surface area contributed by atoms with Crippen LogP contribution in [0.5, 0.6) is 5.75 Å². The number of ether oxygens (including phenoxy) is 1. The average molecular weight is 327 g/mol. The summed E-state index contributed by atoms with van der Waals surface area (Å²) < 4.78 is 24.1. The number of aryl methyl sites for hydroxylation is 1. The maximum atomic E-state index is 13.7. The number of nitrogens with zero attached hydrogens (tertiary/aromatic N) is 2. The number of carbonyl (C=O) groups is 1. The van der Waals surface area contributed by atoms with E-state index < -0.39 is 11.7 Å². The van der Waals surface area contributed by atoms with Crippen LogP contribution >= 0.6 is 0 Å². The van der Waals surface area contributed by atoms with Crippen LogP contribution in [0.2, 0.25) is 0 Å². The lowest BCUT2D eigenvalue weighted by Crippen LogP contribution is -2.20. The molecule has 7 heteroatoms. The Morgan fingerprint density at radius 2 is 2.04 bits per heavy atom. The summed E-state index contributed by atoms with van der Waals surface area (Å²) in [5.41, 5.74) is 1.65. The van der Waals surface area contributed by atoms with Crippen LogP contribution in [0, 0.1) is 12.7 Å². The predicted molar refractivity (Wildman–Crippen MR) is 85.0 cm³/mol. The monoisotopic (exact) mass is 327 g/mol. The summed E-state index contributed by atoms with van der Waals surface area (Å²) in [5.74, 6) is -0.0297. The summed E-state index contributed by atoms with van der Waals surface area (Å²) in [6, 6.07) is 11.4. The first-order chi connectivity index (χ1) is 11.6. The van der Waals surface area contributed by atoms with Crippen LogP contribution < -0.4 is 10.1 Å². The maximum Gasteiger partial charge on any atom is 0.262 e. The van der Waals surface area contributed by atoms with Gasteiger partial charge in [0.15, 0.2) is 6.61 Å². The van der Waals surface area contributed by atoms with Crippen LogP contribution in [-0.2, 0) is 4.79 Å². The Bertz CT molecular complexity index is 833. The van der Waals surface area contributed by atoms with Crippen molar-refractivity contribution in [3.8, 4) is 17.2 Å². The van der Waals surface area contributed by atoms with Crippen LogP contribution in [0.1, 0.15) is 5.56 Å². The molecule has 2 aromatic carbocycles. The van der Waals surface area contributed by atoms with Crippen LogP contribution in [0.4, 0.5) is 10.1 Å². The zero-order valence-corrected chi connectivity index (χ0v) is 12.8. The third-order valence-electron chi connectivity index (χ3n) is 3.23. The topological polar surface area (TPSA) is 77.2 Å². The highest BCUT2D eigenvalue weighted by atomic mass is 19.1. The smallest absolute Gasteiger partial charge is 0.262 e. The standard InChI is InChI=1S/C17H14FN3O3/c1-11-2-7-15(14(18)8-11)20-16(22)9-23-13-5-3-12(4-6-13)17-21-19-10-24-17/h2-8,10H,9H2,1H3,(H,20,22). The molecule has 122 valence electrons. The van der Waals surface area contributed by atoms with Gasteiger partial charge in [0, 0.05) is 5.56 Å². The van der Waals surface area contributed by atoms with Gasteiger partial charge in [0.1, 0.15) is 11.6 Å². The fourth-order valence-electron chi connectivity index (χ4n) is 2.05. The highest BCUT2D eigenvalue weighted by molar-refractivity contribution is 5.92. The first-order valence-electron chi connectivity index (χ1n) is 7.17. The number of hydrogen-bond acceptors (Lipinski definition) is 5. The molecular weight excluding hydrogens is 313 g/mol. The molecule has 1 aromatic heterocycles. The highest BCUT2D eigenvalue weighted by Crippen LogP contribution is 2.20. The molecule has 0 saturated heterocycles. The number of carbonyl (C=O) groups excluding carboxylic acids is 1. The molecule has 0 atom stereocenters. The first-order valence-corrected chi connectivity index (χ1v) is 7.17. The molecule has 0 aliphatic rings. The average Bonchev–Trinajstić information content (AvgIpc) is 3.11. The predicted octanol–water partition coefficient (Wildman–Crippen LogP) is 3.20. The maximum absolute atomic E-state index is 13.7. The van der Waals surface area contributed by atoms with Crippen molar-refractivity contribution in [2.45, 2.75) is 6.92 Å². The lowest BCUT2D eigenvalue weighted by molar-refractivity contribution is -0.118. The number of benzene rings is 2. The summed E-state index contributed by atoms with van der Waals surface area (Å²) in [6.45, 7) is 1.54. The molecule has 0 spiro atoms. The minimum absolute atomic E-state index is 0.126. The molecule has 0 radical (unpaired) electrons. The van der Waals surface area contributed by atoms with Gasteiger partial charge in [0.2, 0.25) is 12.3 Å². The zero-order valence-electron chi connectivity index (χ0n) is 12.8. The van der Waals surface area contributed by atoms with Gasteiger partial charge >= 0.3 is 0 Å². The molecule has 0 fully saturated rings. The van der Waals surface area contributed by atoms with Gasteiger partial charge in [-0.05, 0) is 48.9 Å². The van der Waals surface area contributed by atoms with E-state index in [0.717, 1.165) is 11.1 Å². The molecule has 1 heterocycles. The van der Waals surface area contributed by atoms with E-state index in [9.17, 15) is 9.18 Å². The number of nitrogens with one attached hydrogen (secondary N) is 1. The Balaban J connectivity index is 1.56. The number of anilines is 1. The normalized spacial score (nSPS) is 10.4. The van der Waals surface area contributed by atoms with E-state index in [1.165, 1.54) is 18.5 Å².